The first kappa shape index (κ1) is 17.9. The molecule has 26 heavy (non-hydrogen) atoms. The van der Waals surface area contributed by atoms with Crippen molar-refractivity contribution in [1.29, 1.82) is 0 Å². The molecule has 5 nitrogen and oxygen atoms in total. The third-order valence-corrected chi connectivity index (χ3v) is 6.50. The van der Waals surface area contributed by atoms with E-state index >= 15 is 0 Å². The van der Waals surface area contributed by atoms with Crippen molar-refractivity contribution in [3.05, 3.63) is 30.1 Å². The predicted molar refractivity (Wildman–Crippen MR) is 103 cm³/mol. The number of likely N-dealkylation sites (N-methyl/N-ethyl adjacent to an activating group) is 1. The van der Waals surface area contributed by atoms with Crippen LogP contribution in [0.25, 0.3) is 0 Å². The molecule has 3 aliphatic heterocycles. The van der Waals surface area contributed by atoms with Crippen molar-refractivity contribution < 1.29 is 4.79 Å². The molecule has 2 bridgehead atoms. The van der Waals surface area contributed by atoms with Crippen molar-refractivity contribution in [3.63, 3.8) is 0 Å². The van der Waals surface area contributed by atoms with Gasteiger partial charge in [-0.05, 0) is 62.3 Å². The zero-order valence-corrected chi connectivity index (χ0v) is 16.0. The van der Waals surface area contributed by atoms with E-state index in [9.17, 15) is 4.79 Å². The van der Waals surface area contributed by atoms with Crippen LogP contribution in [-0.4, -0.2) is 71.4 Å². The molecule has 0 aromatic carbocycles. The number of aromatic nitrogens is 1. The van der Waals surface area contributed by atoms with E-state index in [0.29, 0.717) is 24.4 Å². The minimum absolute atomic E-state index is 0.295. The topological polar surface area (TPSA) is 39.7 Å². The van der Waals surface area contributed by atoms with Gasteiger partial charge in [0, 0.05) is 51.2 Å². The molecule has 1 saturated carbocycles. The predicted octanol–water partition coefficient (Wildman–Crippen LogP) is 2.24. The molecule has 4 fully saturated rings. The van der Waals surface area contributed by atoms with Crippen molar-refractivity contribution in [2.75, 3.05) is 39.8 Å². The van der Waals surface area contributed by atoms with Crippen molar-refractivity contribution in [1.82, 2.24) is 19.7 Å². The molecule has 1 amide bonds. The lowest BCUT2D eigenvalue weighted by molar-refractivity contribution is -0.132. The highest BCUT2D eigenvalue weighted by atomic mass is 16.2. The quantitative estimate of drug-likeness (QED) is 0.784. The van der Waals surface area contributed by atoms with Gasteiger partial charge in [-0.1, -0.05) is 6.42 Å². The summed E-state index contributed by atoms with van der Waals surface area (Å²) in [6.45, 7) is 5.67. The van der Waals surface area contributed by atoms with Crippen LogP contribution in [-0.2, 0) is 11.3 Å². The largest absolute Gasteiger partial charge is 0.340 e. The summed E-state index contributed by atoms with van der Waals surface area (Å²) in [5.41, 5.74) is 1.21. The van der Waals surface area contributed by atoms with E-state index in [1.54, 1.807) is 0 Å². The minimum Gasteiger partial charge on any atom is -0.340 e. The molecule has 1 aromatic rings. The lowest BCUT2D eigenvalue weighted by atomic mass is 9.83. The molecular weight excluding hydrogens is 324 g/mol. The molecule has 142 valence electrons. The zero-order valence-electron chi connectivity index (χ0n) is 16.0. The Balaban J connectivity index is 1.31. The average Bonchev–Trinajstić information content (AvgIpc) is 2.91. The smallest absolute Gasteiger partial charge is 0.236 e. The summed E-state index contributed by atoms with van der Waals surface area (Å²) in [6, 6.07) is 4.63. The van der Waals surface area contributed by atoms with Crippen molar-refractivity contribution in [3.8, 4) is 0 Å². The van der Waals surface area contributed by atoms with Crippen LogP contribution in [0.1, 0.15) is 37.7 Å². The van der Waals surface area contributed by atoms with Gasteiger partial charge >= 0.3 is 0 Å². The fraction of sp³-hybridized carbons (Fsp3) is 0.714. The van der Waals surface area contributed by atoms with Gasteiger partial charge in [0.05, 0.1) is 6.54 Å². The summed E-state index contributed by atoms with van der Waals surface area (Å²) in [7, 11) is 2.04. The fourth-order valence-corrected chi connectivity index (χ4v) is 4.80. The number of hydrogen-bond donors (Lipinski definition) is 0. The Labute approximate surface area is 157 Å². The summed E-state index contributed by atoms with van der Waals surface area (Å²) in [5, 5.41) is 0. The highest BCUT2D eigenvalue weighted by Crippen LogP contribution is 2.33. The number of nitrogens with zero attached hydrogens (tertiary/aromatic N) is 4. The van der Waals surface area contributed by atoms with Gasteiger partial charge < -0.3 is 4.90 Å². The van der Waals surface area contributed by atoms with Crippen LogP contribution in [0.3, 0.4) is 0 Å². The van der Waals surface area contributed by atoms with E-state index < -0.39 is 0 Å². The third kappa shape index (κ3) is 4.26. The number of hydrogen-bond acceptors (Lipinski definition) is 4. The van der Waals surface area contributed by atoms with Gasteiger partial charge in [-0.3, -0.25) is 19.6 Å². The first-order chi connectivity index (χ1) is 12.7. The molecular formula is C21H32N4O. The van der Waals surface area contributed by atoms with Crippen LogP contribution < -0.4 is 0 Å². The highest BCUT2D eigenvalue weighted by molar-refractivity contribution is 5.78. The molecule has 5 rings (SSSR count). The van der Waals surface area contributed by atoms with Crippen molar-refractivity contribution in [2.24, 2.45) is 11.8 Å². The number of fused-ring (bicyclic) bond motifs is 4. The minimum atomic E-state index is 0.295. The summed E-state index contributed by atoms with van der Waals surface area (Å²) < 4.78 is 0. The van der Waals surface area contributed by atoms with Crippen LogP contribution in [0.15, 0.2) is 24.5 Å². The molecule has 3 saturated heterocycles. The maximum absolute atomic E-state index is 12.9. The lowest BCUT2D eigenvalue weighted by Gasteiger charge is -2.40. The Hall–Kier alpha value is -1.46. The van der Waals surface area contributed by atoms with Crippen molar-refractivity contribution >= 4 is 5.91 Å². The molecule has 5 heteroatoms. The van der Waals surface area contributed by atoms with Gasteiger partial charge in [0.25, 0.3) is 0 Å². The second kappa shape index (κ2) is 8.05. The first-order valence-corrected chi connectivity index (χ1v) is 10.3. The third-order valence-electron chi connectivity index (χ3n) is 6.50. The van der Waals surface area contributed by atoms with E-state index in [1.165, 1.54) is 50.8 Å². The zero-order chi connectivity index (χ0) is 17.9. The van der Waals surface area contributed by atoms with Gasteiger partial charge in [0.1, 0.15) is 0 Å². The maximum Gasteiger partial charge on any atom is 0.236 e. The highest BCUT2D eigenvalue weighted by Gasteiger charge is 2.37. The molecule has 0 unspecified atom stereocenters. The molecule has 2 atom stereocenters. The van der Waals surface area contributed by atoms with Crippen LogP contribution >= 0.6 is 0 Å². The van der Waals surface area contributed by atoms with E-state index in [1.807, 2.05) is 31.6 Å². The van der Waals surface area contributed by atoms with E-state index in [0.717, 1.165) is 25.6 Å². The molecule has 0 N–H and O–H groups in total. The SMILES string of the molecule is CN(CC(=O)N1C[C@H]2CC[C@@H](C1)N(CC1CCC1)C2)Cc1ccncc1. The number of rotatable bonds is 6. The van der Waals surface area contributed by atoms with Gasteiger partial charge in [-0.25, -0.2) is 0 Å². The molecule has 1 aliphatic carbocycles. The normalized spacial score (nSPS) is 26.8. The number of carbonyl (C=O) groups is 1. The molecule has 0 spiro atoms. The first-order valence-electron chi connectivity index (χ1n) is 10.3. The number of carbonyl (C=O) groups excluding carboxylic acids is 1. The molecule has 0 radical (unpaired) electrons. The van der Waals surface area contributed by atoms with Crippen LogP contribution in [0.4, 0.5) is 0 Å². The second-order valence-corrected chi connectivity index (χ2v) is 8.67. The maximum atomic E-state index is 12.9. The summed E-state index contributed by atoms with van der Waals surface area (Å²) in [5.74, 6) is 1.89. The van der Waals surface area contributed by atoms with Gasteiger partial charge in [0.15, 0.2) is 0 Å². The molecule has 4 heterocycles. The molecule has 4 aliphatic rings. The summed E-state index contributed by atoms with van der Waals surface area (Å²) in [4.78, 5) is 24.0. The van der Waals surface area contributed by atoms with E-state index in [4.69, 9.17) is 0 Å². The van der Waals surface area contributed by atoms with Crippen LogP contribution in [0.5, 0.6) is 0 Å². The summed E-state index contributed by atoms with van der Waals surface area (Å²) >= 11 is 0. The van der Waals surface area contributed by atoms with Crippen molar-refractivity contribution in [2.45, 2.75) is 44.7 Å². The second-order valence-electron chi connectivity index (χ2n) is 8.67. The Kier molecular flexibility index (Phi) is 5.55. The van der Waals surface area contributed by atoms with Gasteiger partial charge in [-0.15, -0.1) is 0 Å². The number of amides is 1. The van der Waals surface area contributed by atoms with Crippen LogP contribution in [0.2, 0.25) is 0 Å². The number of pyridine rings is 1. The number of piperidine rings is 1. The van der Waals surface area contributed by atoms with E-state index in [2.05, 4.69) is 19.7 Å². The Bertz CT molecular complexity index is 603. The summed E-state index contributed by atoms with van der Waals surface area (Å²) in [6.07, 6.45) is 10.4. The molecule has 1 aromatic heterocycles. The Morgan fingerprint density at radius 1 is 1.15 bits per heavy atom. The van der Waals surface area contributed by atoms with Gasteiger partial charge in [0.2, 0.25) is 5.91 Å². The standard InChI is InChI=1S/C21H32N4O/c1-23(11-18-7-9-22-10-8-18)16-21(26)25-14-19-5-6-20(15-25)24(13-19)12-17-3-2-4-17/h7-10,17,19-20H,2-6,11-16H2,1H3/t19-,20-/m0/s1. The monoisotopic (exact) mass is 356 g/mol. The average molecular weight is 357 g/mol. The van der Waals surface area contributed by atoms with Crippen LogP contribution in [0, 0.1) is 11.8 Å². The van der Waals surface area contributed by atoms with Gasteiger partial charge in [-0.2, -0.15) is 0 Å². The van der Waals surface area contributed by atoms with E-state index in [-0.39, 0.29) is 0 Å². The Morgan fingerprint density at radius 2 is 1.96 bits per heavy atom. The fourth-order valence-electron chi connectivity index (χ4n) is 4.80. The Morgan fingerprint density at radius 3 is 2.69 bits per heavy atom. The lowest BCUT2D eigenvalue weighted by Crippen LogP contribution is -2.47.